The number of aromatic amines is 1. The maximum absolute atomic E-state index is 13.6. The summed E-state index contributed by atoms with van der Waals surface area (Å²) in [5, 5.41) is -0.570. The van der Waals surface area contributed by atoms with E-state index in [0.29, 0.717) is 12.4 Å². The van der Waals surface area contributed by atoms with Gasteiger partial charge in [-0.2, -0.15) is 8.78 Å². The number of halogens is 7. The minimum Gasteiger partial charge on any atom is -0.449 e. The second-order valence-electron chi connectivity index (χ2n) is 4.70. The van der Waals surface area contributed by atoms with Crippen LogP contribution in [-0.2, 0) is 5.92 Å². The van der Waals surface area contributed by atoms with Crippen LogP contribution in [0.5, 0.6) is 11.5 Å². The zero-order valence-electron chi connectivity index (χ0n) is 12.2. The molecule has 1 aromatic heterocycles. The highest BCUT2D eigenvalue weighted by Crippen LogP contribution is 2.43. The molecule has 1 aromatic carbocycles. The van der Waals surface area contributed by atoms with Gasteiger partial charge in [0.05, 0.1) is 17.9 Å². The maximum Gasteiger partial charge on any atom is 0.352 e. The summed E-state index contributed by atoms with van der Waals surface area (Å²) < 4.78 is 83.0. The molecule has 0 aliphatic rings. The van der Waals surface area contributed by atoms with Crippen LogP contribution in [0.1, 0.15) is 17.7 Å². The van der Waals surface area contributed by atoms with Gasteiger partial charge in [0.15, 0.2) is 5.69 Å². The molecule has 1 heterocycles. The average molecular weight is 398 g/mol. The minimum atomic E-state index is -4.86. The molecule has 0 bridgehead atoms. The summed E-state index contributed by atoms with van der Waals surface area (Å²) in [6.07, 6.45) is -6.85. The fraction of sp³-hybridized carbons (Fsp3) is 0.214. The molecule has 0 amide bonds. The van der Waals surface area contributed by atoms with E-state index in [1.807, 2.05) is 4.98 Å². The SMILES string of the molecule is [C-]#[N+]c1cc(C(F)F)cc(Oc2c(C(F)(F)C(F)F)nc[nH]c2=O)c1Cl. The first-order chi connectivity index (χ1) is 12.1. The number of benzene rings is 1. The summed E-state index contributed by atoms with van der Waals surface area (Å²) in [4.78, 5) is 19.5. The molecular weight excluding hydrogens is 392 g/mol. The van der Waals surface area contributed by atoms with Crippen LogP contribution >= 0.6 is 11.6 Å². The number of rotatable bonds is 5. The number of aromatic nitrogens is 2. The summed E-state index contributed by atoms with van der Waals surface area (Å²) in [5.74, 6) is -6.98. The predicted octanol–water partition coefficient (Wildman–Crippen LogP) is 5.06. The van der Waals surface area contributed by atoms with E-state index >= 15 is 0 Å². The Kier molecular flexibility index (Phi) is 5.46. The first-order valence-electron chi connectivity index (χ1n) is 6.50. The molecule has 0 fully saturated rings. The second-order valence-corrected chi connectivity index (χ2v) is 5.08. The van der Waals surface area contributed by atoms with Gasteiger partial charge in [0, 0.05) is 5.56 Å². The molecule has 0 saturated carbocycles. The van der Waals surface area contributed by atoms with Gasteiger partial charge >= 0.3 is 12.3 Å². The van der Waals surface area contributed by atoms with Crippen molar-refractivity contribution in [2.75, 3.05) is 0 Å². The average Bonchev–Trinajstić information content (AvgIpc) is 2.57. The predicted molar refractivity (Wildman–Crippen MR) is 77.5 cm³/mol. The first kappa shape index (κ1) is 19.6. The Bertz CT molecular complexity index is 926. The Balaban J connectivity index is 2.66. The number of nitrogens with one attached hydrogen (secondary N) is 1. The van der Waals surface area contributed by atoms with Gasteiger partial charge in [0.2, 0.25) is 11.4 Å². The molecule has 0 saturated heterocycles. The van der Waals surface area contributed by atoms with Crippen LogP contribution in [-0.4, -0.2) is 16.4 Å². The van der Waals surface area contributed by atoms with Crippen LogP contribution in [0.2, 0.25) is 5.02 Å². The zero-order valence-corrected chi connectivity index (χ0v) is 13.0. The van der Waals surface area contributed by atoms with E-state index in [1.165, 1.54) is 0 Å². The van der Waals surface area contributed by atoms with Gasteiger partial charge < -0.3 is 9.72 Å². The summed E-state index contributed by atoms with van der Waals surface area (Å²) in [6, 6.07) is 1.33. The van der Waals surface area contributed by atoms with E-state index in [2.05, 4.69) is 9.83 Å². The van der Waals surface area contributed by atoms with Crippen LogP contribution < -0.4 is 10.3 Å². The molecular formula is C14H6ClF6N3O2. The highest BCUT2D eigenvalue weighted by Gasteiger charge is 2.47. The third-order valence-electron chi connectivity index (χ3n) is 3.03. The number of alkyl halides is 6. The Morgan fingerprint density at radius 3 is 2.46 bits per heavy atom. The molecule has 2 aromatic rings. The number of hydrogen-bond donors (Lipinski definition) is 1. The van der Waals surface area contributed by atoms with Crippen molar-refractivity contribution < 1.29 is 31.1 Å². The normalized spacial score (nSPS) is 11.7. The molecule has 1 N–H and O–H groups in total. The number of hydrogen-bond acceptors (Lipinski definition) is 3. The Morgan fingerprint density at radius 1 is 1.27 bits per heavy atom. The van der Waals surface area contributed by atoms with Gasteiger partial charge in [-0.1, -0.05) is 11.6 Å². The van der Waals surface area contributed by atoms with Crippen molar-refractivity contribution in [1.82, 2.24) is 9.97 Å². The van der Waals surface area contributed by atoms with Crippen LogP contribution in [0.4, 0.5) is 32.0 Å². The summed E-state index contributed by atoms with van der Waals surface area (Å²) in [6.45, 7) is 6.88. The highest BCUT2D eigenvalue weighted by molar-refractivity contribution is 6.34. The molecule has 26 heavy (non-hydrogen) atoms. The van der Waals surface area contributed by atoms with Gasteiger partial charge in [-0.15, -0.1) is 0 Å². The lowest BCUT2D eigenvalue weighted by molar-refractivity contribution is -0.139. The fourth-order valence-electron chi connectivity index (χ4n) is 1.82. The van der Waals surface area contributed by atoms with Crippen molar-refractivity contribution in [3.8, 4) is 11.5 Å². The fourth-order valence-corrected chi connectivity index (χ4v) is 2.01. The van der Waals surface area contributed by atoms with Crippen molar-refractivity contribution in [1.29, 1.82) is 0 Å². The first-order valence-corrected chi connectivity index (χ1v) is 6.88. The Labute approximate surface area is 146 Å². The molecule has 0 radical (unpaired) electrons. The van der Waals surface area contributed by atoms with Crippen molar-refractivity contribution in [3.05, 3.63) is 56.5 Å². The van der Waals surface area contributed by atoms with Gasteiger partial charge in [-0.25, -0.2) is 27.4 Å². The molecule has 0 atom stereocenters. The summed E-state index contributed by atoms with van der Waals surface area (Å²) in [5.41, 5.74) is -4.35. The van der Waals surface area contributed by atoms with Crippen molar-refractivity contribution in [2.24, 2.45) is 0 Å². The largest absolute Gasteiger partial charge is 0.449 e. The third-order valence-corrected chi connectivity index (χ3v) is 3.41. The quantitative estimate of drug-likeness (QED) is 0.566. The van der Waals surface area contributed by atoms with E-state index < -0.39 is 57.8 Å². The van der Waals surface area contributed by atoms with Gasteiger partial charge in [0.1, 0.15) is 5.75 Å². The number of H-pyrrole nitrogens is 1. The Morgan fingerprint density at radius 2 is 1.92 bits per heavy atom. The molecule has 12 heteroatoms. The minimum absolute atomic E-state index is 0.447. The van der Waals surface area contributed by atoms with Crippen LogP contribution in [0, 0.1) is 6.57 Å². The molecule has 0 unspecified atom stereocenters. The molecule has 138 valence electrons. The molecule has 0 spiro atoms. The van der Waals surface area contributed by atoms with E-state index in [0.717, 1.165) is 6.07 Å². The van der Waals surface area contributed by atoms with Crippen LogP contribution in [0.15, 0.2) is 23.3 Å². The maximum atomic E-state index is 13.6. The molecule has 0 aliphatic carbocycles. The lowest BCUT2D eigenvalue weighted by Gasteiger charge is -2.18. The lowest BCUT2D eigenvalue weighted by Crippen LogP contribution is -2.28. The summed E-state index contributed by atoms with van der Waals surface area (Å²) in [7, 11) is 0. The third kappa shape index (κ3) is 3.60. The van der Waals surface area contributed by atoms with E-state index in [4.69, 9.17) is 22.9 Å². The van der Waals surface area contributed by atoms with Crippen molar-refractivity contribution in [3.63, 3.8) is 0 Å². The second kappa shape index (κ2) is 7.25. The van der Waals surface area contributed by atoms with Crippen molar-refractivity contribution in [2.45, 2.75) is 18.8 Å². The highest BCUT2D eigenvalue weighted by atomic mass is 35.5. The summed E-state index contributed by atoms with van der Waals surface area (Å²) >= 11 is 5.77. The zero-order chi connectivity index (χ0) is 19.6. The van der Waals surface area contributed by atoms with E-state index in [9.17, 15) is 31.1 Å². The standard InChI is InChI=1S/C14H6ClF6N3O2/c1-22-6-2-5(11(16)17)3-7(8(6)15)26-9-10(14(20,21)13(18)19)23-4-24-12(9)25/h2-4,11,13H,(H,23,24,25). The lowest BCUT2D eigenvalue weighted by atomic mass is 10.2. The topological polar surface area (TPSA) is 59.3 Å². The van der Waals surface area contributed by atoms with E-state index in [-0.39, 0.29) is 0 Å². The number of ether oxygens (including phenoxy) is 1. The van der Waals surface area contributed by atoms with Gasteiger partial charge in [-0.3, -0.25) is 4.79 Å². The Hall–Kier alpha value is -2.74. The van der Waals surface area contributed by atoms with Crippen LogP contribution in [0.25, 0.3) is 4.85 Å². The van der Waals surface area contributed by atoms with E-state index in [1.54, 1.807) is 0 Å². The number of nitrogens with zero attached hydrogens (tertiary/aromatic N) is 2. The smallest absolute Gasteiger partial charge is 0.352 e. The van der Waals surface area contributed by atoms with Crippen molar-refractivity contribution >= 4 is 17.3 Å². The van der Waals surface area contributed by atoms with Gasteiger partial charge in [0.25, 0.3) is 12.0 Å². The van der Waals surface area contributed by atoms with Gasteiger partial charge in [-0.05, 0) is 12.1 Å². The molecule has 5 nitrogen and oxygen atoms in total. The monoisotopic (exact) mass is 397 g/mol. The molecule has 2 rings (SSSR count). The molecule has 0 aliphatic heterocycles. The van der Waals surface area contributed by atoms with Crippen LogP contribution in [0.3, 0.4) is 0 Å².